The third-order valence-corrected chi connectivity index (χ3v) is 3.53. The molecule has 1 aromatic carbocycles. The maximum absolute atomic E-state index is 13.1. The molecule has 110 valence electrons. The van der Waals surface area contributed by atoms with Crippen LogP contribution in [-0.4, -0.2) is 27.3 Å². The van der Waals surface area contributed by atoms with Crippen molar-refractivity contribution < 1.29 is 14.3 Å². The first-order valence-electron chi connectivity index (χ1n) is 6.39. The maximum atomic E-state index is 13.1. The van der Waals surface area contributed by atoms with Gasteiger partial charge in [0.1, 0.15) is 11.4 Å². The quantitative estimate of drug-likeness (QED) is 0.687. The Kier molecular flexibility index (Phi) is 4.57. The summed E-state index contributed by atoms with van der Waals surface area (Å²) in [6.07, 6.45) is 1.83. The van der Waals surface area contributed by atoms with Gasteiger partial charge in [0, 0.05) is 5.56 Å². The first-order valence-corrected chi connectivity index (χ1v) is 7.61. The summed E-state index contributed by atoms with van der Waals surface area (Å²) in [5.74, 6) is -1.51. The molecule has 0 saturated carbocycles. The number of hydrogen-bond donors (Lipinski definition) is 1. The van der Waals surface area contributed by atoms with Gasteiger partial charge in [0.05, 0.1) is 11.4 Å². The number of thioether (sulfide) groups is 1. The van der Waals surface area contributed by atoms with Gasteiger partial charge < -0.3 is 5.11 Å². The fourth-order valence-electron chi connectivity index (χ4n) is 1.99. The van der Waals surface area contributed by atoms with E-state index in [-0.39, 0.29) is 17.3 Å². The lowest BCUT2D eigenvalue weighted by Crippen LogP contribution is -2.11. The molecule has 0 spiro atoms. The van der Waals surface area contributed by atoms with Crippen LogP contribution in [0.5, 0.6) is 0 Å². The highest BCUT2D eigenvalue weighted by atomic mass is 32.2. The molecule has 0 fully saturated rings. The minimum Gasteiger partial charge on any atom is -0.478 e. The SMILES string of the molecule is CSc1nc(-c2ccc(F)cc2)c(C(=O)O)c(C(C)C)n1. The number of aromatic nitrogens is 2. The third-order valence-electron chi connectivity index (χ3n) is 2.98. The van der Waals surface area contributed by atoms with Crippen molar-refractivity contribution in [2.24, 2.45) is 0 Å². The zero-order valence-electron chi connectivity index (χ0n) is 11.9. The first-order chi connectivity index (χ1) is 9.93. The van der Waals surface area contributed by atoms with Gasteiger partial charge in [-0.1, -0.05) is 25.6 Å². The van der Waals surface area contributed by atoms with Crippen LogP contribution in [0.25, 0.3) is 11.3 Å². The number of carboxylic acids is 1. The number of carbonyl (C=O) groups is 1. The van der Waals surface area contributed by atoms with E-state index in [1.165, 1.54) is 36.0 Å². The molecule has 0 amide bonds. The zero-order valence-corrected chi connectivity index (χ0v) is 12.7. The van der Waals surface area contributed by atoms with Crippen molar-refractivity contribution >= 4 is 17.7 Å². The summed E-state index contributed by atoms with van der Waals surface area (Å²) >= 11 is 1.34. The fraction of sp³-hybridized carbons (Fsp3) is 0.267. The molecule has 0 saturated heterocycles. The van der Waals surface area contributed by atoms with Crippen molar-refractivity contribution in [3.63, 3.8) is 0 Å². The molecule has 6 heteroatoms. The van der Waals surface area contributed by atoms with Crippen LogP contribution in [-0.2, 0) is 0 Å². The van der Waals surface area contributed by atoms with E-state index in [2.05, 4.69) is 9.97 Å². The van der Waals surface area contributed by atoms with Crippen molar-refractivity contribution in [3.8, 4) is 11.3 Å². The fourth-order valence-corrected chi connectivity index (χ4v) is 2.37. The van der Waals surface area contributed by atoms with E-state index in [0.717, 1.165) is 0 Å². The molecule has 4 nitrogen and oxygen atoms in total. The van der Waals surface area contributed by atoms with E-state index < -0.39 is 5.97 Å². The number of halogens is 1. The molecule has 1 N–H and O–H groups in total. The van der Waals surface area contributed by atoms with E-state index >= 15 is 0 Å². The lowest BCUT2D eigenvalue weighted by Gasteiger charge is -2.14. The maximum Gasteiger partial charge on any atom is 0.339 e. The Morgan fingerprint density at radius 2 is 1.86 bits per heavy atom. The van der Waals surface area contributed by atoms with Gasteiger partial charge in [-0.05, 0) is 36.4 Å². The van der Waals surface area contributed by atoms with Crippen LogP contribution in [0, 0.1) is 5.82 Å². The van der Waals surface area contributed by atoms with Crippen LogP contribution in [0.3, 0.4) is 0 Å². The molecule has 21 heavy (non-hydrogen) atoms. The summed E-state index contributed by atoms with van der Waals surface area (Å²) < 4.78 is 13.1. The summed E-state index contributed by atoms with van der Waals surface area (Å²) in [4.78, 5) is 20.2. The van der Waals surface area contributed by atoms with E-state index in [0.29, 0.717) is 22.1 Å². The molecule has 2 rings (SSSR count). The Labute approximate surface area is 126 Å². The largest absolute Gasteiger partial charge is 0.478 e. The number of benzene rings is 1. The lowest BCUT2D eigenvalue weighted by atomic mass is 9.99. The highest BCUT2D eigenvalue weighted by Crippen LogP contribution is 2.29. The molecule has 2 aromatic rings. The van der Waals surface area contributed by atoms with Crippen LogP contribution in [0.1, 0.15) is 35.8 Å². The monoisotopic (exact) mass is 306 g/mol. The van der Waals surface area contributed by atoms with Crippen molar-refractivity contribution in [2.75, 3.05) is 6.26 Å². The van der Waals surface area contributed by atoms with Gasteiger partial charge in [0.25, 0.3) is 0 Å². The Morgan fingerprint density at radius 1 is 1.24 bits per heavy atom. The normalized spacial score (nSPS) is 10.9. The summed E-state index contributed by atoms with van der Waals surface area (Å²) in [5.41, 5.74) is 1.45. The van der Waals surface area contributed by atoms with E-state index in [9.17, 15) is 14.3 Å². The summed E-state index contributed by atoms with van der Waals surface area (Å²) in [7, 11) is 0. The van der Waals surface area contributed by atoms with Crippen LogP contribution < -0.4 is 0 Å². The van der Waals surface area contributed by atoms with Crippen molar-refractivity contribution in [1.82, 2.24) is 9.97 Å². The molecule has 0 bridgehead atoms. The van der Waals surface area contributed by atoms with Gasteiger partial charge in [-0.2, -0.15) is 0 Å². The molecule has 1 aromatic heterocycles. The van der Waals surface area contributed by atoms with Gasteiger partial charge in [0.2, 0.25) is 0 Å². The standard InChI is InChI=1S/C15H15FN2O2S/c1-8(2)12-11(14(19)20)13(18-15(17-12)21-3)9-4-6-10(16)7-5-9/h4-8H,1-3H3,(H,19,20). The highest BCUT2D eigenvalue weighted by molar-refractivity contribution is 7.98. The molecule has 0 unspecified atom stereocenters. The number of aromatic carboxylic acids is 1. The summed E-state index contributed by atoms with van der Waals surface area (Å²) in [6, 6.07) is 5.63. The molecule has 0 radical (unpaired) electrons. The average Bonchev–Trinajstić information content (AvgIpc) is 2.46. The smallest absolute Gasteiger partial charge is 0.339 e. The second-order valence-corrected chi connectivity index (χ2v) is 5.56. The van der Waals surface area contributed by atoms with Gasteiger partial charge in [-0.3, -0.25) is 0 Å². The molecule has 0 aliphatic heterocycles. The predicted octanol–water partition coefficient (Wildman–Crippen LogP) is 3.83. The first kappa shape index (κ1) is 15.4. The number of hydrogen-bond acceptors (Lipinski definition) is 4. The summed E-state index contributed by atoms with van der Waals surface area (Å²) in [5, 5.41) is 10.0. The van der Waals surface area contributed by atoms with Gasteiger partial charge >= 0.3 is 5.97 Å². The topological polar surface area (TPSA) is 63.1 Å². The van der Waals surface area contributed by atoms with E-state index in [1.54, 1.807) is 0 Å². The Bertz CT molecular complexity index is 672. The lowest BCUT2D eigenvalue weighted by molar-refractivity contribution is 0.0695. The van der Waals surface area contributed by atoms with Crippen LogP contribution in [0.4, 0.5) is 4.39 Å². The molecule has 0 aliphatic carbocycles. The average molecular weight is 306 g/mol. The number of carboxylic acid groups (broad SMARTS) is 1. The molecule has 1 heterocycles. The Morgan fingerprint density at radius 3 is 2.33 bits per heavy atom. The predicted molar refractivity (Wildman–Crippen MR) is 80.3 cm³/mol. The minimum atomic E-state index is -1.08. The number of nitrogens with zero attached hydrogens (tertiary/aromatic N) is 2. The van der Waals surface area contributed by atoms with Gasteiger partial charge in [-0.25, -0.2) is 19.2 Å². The third kappa shape index (κ3) is 3.21. The second kappa shape index (κ2) is 6.22. The second-order valence-electron chi connectivity index (χ2n) is 4.79. The van der Waals surface area contributed by atoms with Crippen molar-refractivity contribution in [2.45, 2.75) is 24.9 Å². The molecular formula is C15H15FN2O2S. The zero-order chi connectivity index (χ0) is 15.6. The Balaban J connectivity index is 2.75. The van der Waals surface area contributed by atoms with Gasteiger partial charge in [-0.15, -0.1) is 0 Å². The molecule has 0 atom stereocenters. The Hall–Kier alpha value is -1.95. The summed E-state index contributed by atoms with van der Waals surface area (Å²) in [6.45, 7) is 3.76. The van der Waals surface area contributed by atoms with Crippen LogP contribution in [0.15, 0.2) is 29.4 Å². The van der Waals surface area contributed by atoms with Crippen LogP contribution in [0.2, 0.25) is 0 Å². The molecular weight excluding hydrogens is 291 g/mol. The van der Waals surface area contributed by atoms with Gasteiger partial charge in [0.15, 0.2) is 5.16 Å². The minimum absolute atomic E-state index is 0.0517. The van der Waals surface area contributed by atoms with Crippen molar-refractivity contribution in [1.29, 1.82) is 0 Å². The molecule has 0 aliphatic rings. The van der Waals surface area contributed by atoms with E-state index in [1.807, 2.05) is 20.1 Å². The number of rotatable bonds is 4. The van der Waals surface area contributed by atoms with Crippen molar-refractivity contribution in [3.05, 3.63) is 41.3 Å². The van der Waals surface area contributed by atoms with E-state index in [4.69, 9.17) is 0 Å². The van der Waals surface area contributed by atoms with Crippen LogP contribution >= 0.6 is 11.8 Å². The highest BCUT2D eigenvalue weighted by Gasteiger charge is 2.23.